The summed E-state index contributed by atoms with van der Waals surface area (Å²) in [5, 5.41) is 10.6. The SMILES string of the molecule is Cc1ccc(N=CC(=CN)[C@@H](C)C(=O)Nc2cc(C3CC3)[nH]n2)cc1Cl. The molecule has 0 spiro atoms. The molecule has 136 valence electrons. The standard InChI is InChI=1S/C19H22ClN5O/c1-11-3-6-15(7-16(11)20)22-10-14(9-21)12(2)19(26)23-18-8-17(24-25-18)13-4-5-13/h3,6-10,12-13H,4-5,21H2,1-2H3,(H2,23,24,25,26)/t12-/m1/s1. The zero-order chi connectivity index (χ0) is 18.7. The number of H-pyrrole nitrogens is 1. The summed E-state index contributed by atoms with van der Waals surface area (Å²) in [6.07, 6.45) is 5.33. The van der Waals surface area contributed by atoms with Crippen LogP contribution in [0.15, 0.2) is 41.0 Å². The molecule has 0 saturated heterocycles. The zero-order valence-electron chi connectivity index (χ0n) is 14.8. The molecule has 0 unspecified atom stereocenters. The number of rotatable bonds is 6. The van der Waals surface area contributed by atoms with Crippen LogP contribution >= 0.6 is 11.6 Å². The number of anilines is 1. The number of halogens is 1. The lowest BCUT2D eigenvalue weighted by molar-refractivity contribution is -0.118. The first-order chi connectivity index (χ1) is 12.5. The van der Waals surface area contributed by atoms with Crippen molar-refractivity contribution in [2.24, 2.45) is 16.6 Å². The Bertz CT molecular complexity index is 867. The summed E-state index contributed by atoms with van der Waals surface area (Å²) >= 11 is 6.11. The molecular formula is C19H22ClN5O. The van der Waals surface area contributed by atoms with Gasteiger partial charge in [0.15, 0.2) is 5.82 Å². The van der Waals surface area contributed by atoms with Gasteiger partial charge in [-0.25, -0.2) is 0 Å². The third-order valence-electron chi connectivity index (χ3n) is 4.47. The molecule has 1 aliphatic carbocycles. The molecule has 1 aromatic heterocycles. The molecule has 0 radical (unpaired) electrons. The van der Waals surface area contributed by atoms with Gasteiger partial charge < -0.3 is 11.1 Å². The number of aromatic amines is 1. The van der Waals surface area contributed by atoms with Gasteiger partial charge in [-0.2, -0.15) is 5.10 Å². The average molecular weight is 372 g/mol. The Balaban J connectivity index is 1.64. The summed E-state index contributed by atoms with van der Waals surface area (Å²) in [4.78, 5) is 16.8. The molecule has 2 aromatic rings. The Morgan fingerprint density at radius 2 is 2.23 bits per heavy atom. The van der Waals surface area contributed by atoms with E-state index in [9.17, 15) is 4.79 Å². The maximum absolute atomic E-state index is 12.5. The Morgan fingerprint density at radius 3 is 2.88 bits per heavy atom. The molecule has 3 rings (SSSR count). The summed E-state index contributed by atoms with van der Waals surface area (Å²) < 4.78 is 0. The number of carbonyl (C=O) groups excluding carboxylic acids is 1. The van der Waals surface area contributed by atoms with E-state index in [4.69, 9.17) is 17.3 Å². The van der Waals surface area contributed by atoms with Crippen LogP contribution in [0.1, 0.15) is 36.9 Å². The lowest BCUT2D eigenvalue weighted by atomic mass is 10.0. The van der Waals surface area contributed by atoms with Crippen LogP contribution in [0.2, 0.25) is 5.02 Å². The number of aryl methyl sites for hydroxylation is 1. The number of carbonyl (C=O) groups is 1. The lowest BCUT2D eigenvalue weighted by Gasteiger charge is -2.11. The van der Waals surface area contributed by atoms with Gasteiger partial charge in [0.05, 0.1) is 11.6 Å². The van der Waals surface area contributed by atoms with E-state index in [1.165, 1.54) is 19.0 Å². The van der Waals surface area contributed by atoms with E-state index in [0.29, 0.717) is 28.0 Å². The summed E-state index contributed by atoms with van der Waals surface area (Å²) in [6, 6.07) is 7.41. The third-order valence-corrected chi connectivity index (χ3v) is 4.88. The monoisotopic (exact) mass is 371 g/mol. The van der Waals surface area contributed by atoms with Crippen LogP contribution in [0.3, 0.4) is 0 Å². The maximum Gasteiger partial charge on any atom is 0.232 e. The van der Waals surface area contributed by atoms with Gasteiger partial charge in [0.2, 0.25) is 5.91 Å². The van der Waals surface area contributed by atoms with Gasteiger partial charge >= 0.3 is 0 Å². The van der Waals surface area contributed by atoms with Gasteiger partial charge in [-0.05, 0) is 56.2 Å². The van der Waals surface area contributed by atoms with Crippen molar-refractivity contribution in [1.29, 1.82) is 0 Å². The van der Waals surface area contributed by atoms with Gasteiger partial charge in [-0.15, -0.1) is 0 Å². The quantitative estimate of drug-likeness (QED) is 0.668. The second kappa shape index (κ2) is 7.74. The number of benzene rings is 1. The molecule has 1 aromatic carbocycles. The topological polar surface area (TPSA) is 96.2 Å². The summed E-state index contributed by atoms with van der Waals surface area (Å²) in [7, 11) is 0. The first-order valence-corrected chi connectivity index (χ1v) is 8.94. The second-order valence-corrected chi connectivity index (χ2v) is 6.96. The number of nitrogens with two attached hydrogens (primary N) is 1. The van der Waals surface area contributed by atoms with Crippen molar-refractivity contribution in [2.75, 3.05) is 5.32 Å². The van der Waals surface area contributed by atoms with Crippen LogP contribution in [0, 0.1) is 12.8 Å². The molecule has 6 nitrogen and oxygen atoms in total. The van der Waals surface area contributed by atoms with Crippen LogP contribution in [0.5, 0.6) is 0 Å². The van der Waals surface area contributed by atoms with Gasteiger partial charge in [0.25, 0.3) is 0 Å². The smallest absolute Gasteiger partial charge is 0.232 e. The van der Waals surface area contributed by atoms with E-state index in [1.54, 1.807) is 19.2 Å². The molecule has 1 heterocycles. The predicted octanol–water partition coefficient (Wildman–Crippen LogP) is 4.07. The Kier molecular flexibility index (Phi) is 5.42. The number of hydrogen-bond donors (Lipinski definition) is 3. The fourth-order valence-corrected chi connectivity index (χ4v) is 2.68. The third kappa shape index (κ3) is 4.32. The van der Waals surface area contributed by atoms with Crippen LogP contribution in [-0.4, -0.2) is 22.3 Å². The number of nitrogens with zero attached hydrogens (tertiary/aromatic N) is 2. The van der Waals surface area contributed by atoms with Crippen LogP contribution < -0.4 is 11.1 Å². The Hall–Kier alpha value is -2.60. The van der Waals surface area contributed by atoms with E-state index >= 15 is 0 Å². The van der Waals surface area contributed by atoms with Gasteiger partial charge in [-0.1, -0.05) is 17.7 Å². The summed E-state index contributed by atoms with van der Waals surface area (Å²) in [5.74, 6) is 0.426. The van der Waals surface area contributed by atoms with E-state index < -0.39 is 5.92 Å². The molecule has 0 bridgehead atoms. The van der Waals surface area contributed by atoms with Crippen molar-refractivity contribution >= 4 is 35.2 Å². The number of hydrogen-bond acceptors (Lipinski definition) is 4. The molecule has 4 N–H and O–H groups in total. The Morgan fingerprint density at radius 1 is 1.46 bits per heavy atom. The minimum Gasteiger partial charge on any atom is -0.404 e. The number of amides is 1. The van der Waals surface area contributed by atoms with E-state index in [2.05, 4.69) is 20.5 Å². The van der Waals surface area contributed by atoms with Crippen LogP contribution in [0.4, 0.5) is 11.5 Å². The highest BCUT2D eigenvalue weighted by Gasteiger charge is 2.26. The largest absolute Gasteiger partial charge is 0.404 e. The molecular weight excluding hydrogens is 350 g/mol. The summed E-state index contributed by atoms with van der Waals surface area (Å²) in [6.45, 7) is 3.70. The highest BCUT2D eigenvalue weighted by atomic mass is 35.5. The van der Waals surface area contributed by atoms with Crippen LogP contribution in [-0.2, 0) is 4.79 Å². The molecule has 7 heteroatoms. The van der Waals surface area contributed by atoms with E-state index in [-0.39, 0.29) is 5.91 Å². The minimum absolute atomic E-state index is 0.191. The number of aliphatic imine (C=N–C) groups is 1. The molecule has 1 fully saturated rings. The van der Waals surface area contributed by atoms with Crippen molar-refractivity contribution in [3.05, 3.63) is 52.3 Å². The zero-order valence-corrected chi connectivity index (χ0v) is 15.5. The highest BCUT2D eigenvalue weighted by Crippen LogP contribution is 2.39. The first kappa shape index (κ1) is 18.2. The number of aromatic nitrogens is 2. The van der Waals surface area contributed by atoms with Crippen LogP contribution in [0.25, 0.3) is 0 Å². The fourth-order valence-electron chi connectivity index (χ4n) is 2.50. The Labute approximate surface area is 157 Å². The minimum atomic E-state index is -0.467. The van der Waals surface area contributed by atoms with E-state index in [0.717, 1.165) is 11.3 Å². The summed E-state index contributed by atoms with van der Waals surface area (Å²) in [5.41, 5.74) is 9.06. The molecule has 1 amide bonds. The number of nitrogens with one attached hydrogen (secondary N) is 2. The van der Waals surface area contributed by atoms with Crippen molar-refractivity contribution in [2.45, 2.75) is 32.6 Å². The molecule has 1 atom stereocenters. The molecule has 0 aliphatic heterocycles. The van der Waals surface area contributed by atoms with Crippen molar-refractivity contribution in [3.63, 3.8) is 0 Å². The lowest BCUT2D eigenvalue weighted by Crippen LogP contribution is -2.23. The normalized spacial score (nSPS) is 16.0. The second-order valence-electron chi connectivity index (χ2n) is 6.55. The van der Waals surface area contributed by atoms with Gasteiger partial charge in [0, 0.05) is 28.9 Å². The first-order valence-electron chi connectivity index (χ1n) is 8.56. The molecule has 26 heavy (non-hydrogen) atoms. The van der Waals surface area contributed by atoms with Crippen molar-refractivity contribution in [1.82, 2.24) is 10.2 Å². The molecule has 1 saturated carbocycles. The molecule has 1 aliphatic rings. The maximum atomic E-state index is 12.5. The van der Waals surface area contributed by atoms with Gasteiger partial charge in [-0.3, -0.25) is 14.9 Å². The van der Waals surface area contributed by atoms with Gasteiger partial charge in [0.1, 0.15) is 0 Å². The predicted molar refractivity (Wildman–Crippen MR) is 105 cm³/mol. The van der Waals surface area contributed by atoms with Crippen molar-refractivity contribution < 1.29 is 4.79 Å². The van der Waals surface area contributed by atoms with E-state index in [1.807, 2.05) is 25.1 Å². The highest BCUT2D eigenvalue weighted by molar-refractivity contribution is 6.31. The van der Waals surface area contributed by atoms with Crippen molar-refractivity contribution in [3.8, 4) is 0 Å². The fraction of sp³-hybridized carbons (Fsp3) is 0.316. The average Bonchev–Trinajstić information content (AvgIpc) is 3.38.